The Bertz CT molecular complexity index is 670. The van der Waals surface area contributed by atoms with Crippen LogP contribution in [-0.4, -0.2) is 27.6 Å². The molecule has 0 amide bonds. The third-order valence-electron chi connectivity index (χ3n) is 5.97. The average Bonchev–Trinajstić information content (AvgIpc) is 3.44. The first kappa shape index (κ1) is 23.9. The van der Waals surface area contributed by atoms with Gasteiger partial charge in [0.15, 0.2) is 8.32 Å². The highest BCUT2D eigenvalue weighted by atomic mass is 35.5. The molecular formula is C19H27Cl2F4NOSi. The van der Waals surface area contributed by atoms with Gasteiger partial charge >= 0.3 is 6.18 Å². The van der Waals surface area contributed by atoms with E-state index in [9.17, 15) is 17.6 Å². The summed E-state index contributed by atoms with van der Waals surface area (Å²) < 4.78 is 60.2. The van der Waals surface area contributed by atoms with Gasteiger partial charge in [-0.05, 0) is 43.1 Å². The van der Waals surface area contributed by atoms with E-state index in [1.54, 1.807) is 0 Å². The summed E-state index contributed by atoms with van der Waals surface area (Å²) >= 11 is 12.5. The summed E-state index contributed by atoms with van der Waals surface area (Å²) in [6, 6.07) is 5.10. The third kappa shape index (κ3) is 5.04. The molecule has 0 aliphatic heterocycles. The zero-order chi connectivity index (χ0) is 21.2. The van der Waals surface area contributed by atoms with Gasteiger partial charge in [-0.15, -0.1) is 0 Å². The Balaban J connectivity index is 2.26. The van der Waals surface area contributed by atoms with Crippen molar-refractivity contribution in [1.29, 1.82) is 0 Å². The molecule has 1 N–H and O–H groups in total. The fourth-order valence-corrected chi connectivity index (χ4v) is 6.92. The van der Waals surface area contributed by atoms with E-state index in [1.165, 1.54) is 12.1 Å². The molecule has 1 unspecified atom stereocenters. The van der Waals surface area contributed by atoms with Gasteiger partial charge in [-0.2, -0.15) is 13.2 Å². The highest BCUT2D eigenvalue weighted by Crippen LogP contribution is 2.57. The van der Waals surface area contributed by atoms with E-state index in [0.717, 1.165) is 18.1 Å². The first-order chi connectivity index (χ1) is 13.0. The summed E-state index contributed by atoms with van der Waals surface area (Å²) in [6.07, 6.45) is -4.70. The number of hydrogen-bond donors (Lipinski definition) is 1. The molecular weight excluding hydrogens is 433 g/mol. The fraction of sp³-hybridized carbons (Fsp3) is 0.684. The second-order valence-corrected chi connectivity index (χ2v) is 13.0. The molecule has 160 valence electrons. The predicted octanol–water partition coefficient (Wildman–Crippen LogP) is 7.13. The van der Waals surface area contributed by atoms with E-state index >= 15 is 0 Å². The summed E-state index contributed by atoms with van der Waals surface area (Å²) in [6.45, 7) is 6.03. The van der Waals surface area contributed by atoms with Crippen molar-refractivity contribution >= 4 is 31.5 Å². The largest absolute Gasteiger partial charge is 0.409 e. The Kier molecular flexibility index (Phi) is 7.87. The van der Waals surface area contributed by atoms with Crippen molar-refractivity contribution in [2.75, 3.05) is 13.1 Å². The Labute approximate surface area is 175 Å². The minimum Gasteiger partial charge on any atom is -0.409 e. The molecule has 2 rings (SSSR count). The lowest BCUT2D eigenvalue weighted by Gasteiger charge is -2.34. The summed E-state index contributed by atoms with van der Waals surface area (Å²) in [5.41, 5.74) is -1.36. The number of hydrogen-bond acceptors (Lipinski definition) is 2. The number of halogens is 6. The van der Waals surface area contributed by atoms with Crippen LogP contribution in [0.5, 0.6) is 0 Å². The molecule has 0 radical (unpaired) electrons. The summed E-state index contributed by atoms with van der Waals surface area (Å²) in [4.78, 5) is 0. The van der Waals surface area contributed by atoms with Gasteiger partial charge < -0.3 is 9.74 Å². The molecule has 1 fully saturated rings. The molecule has 0 saturated heterocycles. The molecule has 1 aliphatic rings. The van der Waals surface area contributed by atoms with Gasteiger partial charge in [0, 0.05) is 23.7 Å². The smallest absolute Gasteiger partial charge is 0.395 e. The molecule has 0 spiro atoms. The number of rotatable bonds is 10. The zero-order valence-corrected chi connectivity index (χ0v) is 18.9. The Morgan fingerprint density at radius 1 is 1.14 bits per heavy atom. The van der Waals surface area contributed by atoms with Crippen LogP contribution in [0.25, 0.3) is 0 Å². The minimum atomic E-state index is -4.24. The lowest BCUT2D eigenvalue weighted by atomic mass is 10.1. The highest BCUT2D eigenvalue weighted by Gasteiger charge is 2.62. The van der Waals surface area contributed by atoms with Crippen LogP contribution >= 0.6 is 23.2 Å². The lowest BCUT2D eigenvalue weighted by molar-refractivity contribution is -0.185. The van der Waals surface area contributed by atoms with Gasteiger partial charge in [-0.1, -0.05) is 44.0 Å². The Hall–Kier alpha value is -0.343. The quantitative estimate of drug-likeness (QED) is 0.228. The van der Waals surface area contributed by atoms with Crippen LogP contribution in [0.2, 0.25) is 28.2 Å². The van der Waals surface area contributed by atoms with Crippen LogP contribution in [-0.2, 0) is 4.43 Å². The molecule has 1 saturated carbocycles. The van der Waals surface area contributed by atoms with E-state index < -0.39 is 31.8 Å². The molecule has 1 aromatic rings. The van der Waals surface area contributed by atoms with Crippen LogP contribution in [0, 0.1) is 11.2 Å². The van der Waals surface area contributed by atoms with Crippen molar-refractivity contribution < 1.29 is 22.0 Å². The molecule has 0 aromatic heterocycles. The molecule has 1 aliphatic carbocycles. The standard InChI is InChI=1S/C19H27Cl2F4NOSi/c1-4-28(5-2,6-3)27-15(16-13(20)7-8-14(22)17(16)21)11-26-12-18(9-10-18)19(23,24)25/h7-8,15,26H,4-6,9-12H2,1-3H3. The van der Waals surface area contributed by atoms with Crippen molar-refractivity contribution in [2.45, 2.75) is 64.0 Å². The molecule has 28 heavy (non-hydrogen) atoms. The van der Waals surface area contributed by atoms with Crippen LogP contribution in [0.3, 0.4) is 0 Å². The Morgan fingerprint density at radius 3 is 2.18 bits per heavy atom. The van der Waals surface area contributed by atoms with Crippen molar-refractivity contribution in [3.8, 4) is 0 Å². The maximum absolute atomic E-state index is 14.1. The van der Waals surface area contributed by atoms with Crippen molar-refractivity contribution in [1.82, 2.24) is 5.32 Å². The molecule has 1 aromatic carbocycles. The van der Waals surface area contributed by atoms with Gasteiger partial charge in [-0.25, -0.2) is 4.39 Å². The van der Waals surface area contributed by atoms with Crippen molar-refractivity contribution in [3.05, 3.63) is 33.6 Å². The molecule has 0 heterocycles. The van der Waals surface area contributed by atoms with E-state index in [0.29, 0.717) is 5.56 Å². The van der Waals surface area contributed by atoms with E-state index in [1.807, 2.05) is 20.8 Å². The summed E-state index contributed by atoms with van der Waals surface area (Å²) in [5.74, 6) is -0.625. The van der Waals surface area contributed by atoms with Gasteiger partial charge in [0.25, 0.3) is 0 Å². The van der Waals surface area contributed by atoms with Crippen LogP contribution in [0.4, 0.5) is 17.6 Å². The van der Waals surface area contributed by atoms with Crippen LogP contribution in [0.1, 0.15) is 45.3 Å². The maximum Gasteiger partial charge on any atom is 0.395 e. The summed E-state index contributed by atoms with van der Waals surface area (Å²) in [5, 5.41) is 3.01. The molecule has 0 bridgehead atoms. The molecule has 9 heteroatoms. The van der Waals surface area contributed by atoms with Gasteiger partial charge in [0.1, 0.15) is 5.82 Å². The average molecular weight is 460 g/mol. The van der Waals surface area contributed by atoms with Crippen LogP contribution in [0.15, 0.2) is 12.1 Å². The Morgan fingerprint density at radius 2 is 1.71 bits per heavy atom. The molecule has 2 nitrogen and oxygen atoms in total. The second kappa shape index (κ2) is 9.21. The minimum absolute atomic E-state index is 0.0927. The lowest BCUT2D eigenvalue weighted by Crippen LogP contribution is -2.42. The maximum atomic E-state index is 14.1. The first-order valence-electron chi connectivity index (χ1n) is 9.63. The number of alkyl halides is 3. The van der Waals surface area contributed by atoms with Gasteiger partial charge in [0.05, 0.1) is 16.5 Å². The highest BCUT2D eigenvalue weighted by molar-refractivity contribution is 6.73. The van der Waals surface area contributed by atoms with E-state index in [-0.39, 0.29) is 36.0 Å². The topological polar surface area (TPSA) is 21.3 Å². The van der Waals surface area contributed by atoms with Gasteiger partial charge in [-0.3, -0.25) is 0 Å². The van der Waals surface area contributed by atoms with E-state index in [2.05, 4.69) is 5.32 Å². The second-order valence-electron chi connectivity index (χ2n) is 7.52. The van der Waals surface area contributed by atoms with Crippen LogP contribution < -0.4 is 5.32 Å². The third-order valence-corrected chi connectivity index (χ3v) is 11.3. The van der Waals surface area contributed by atoms with E-state index in [4.69, 9.17) is 27.6 Å². The molecule has 1 atom stereocenters. The zero-order valence-electron chi connectivity index (χ0n) is 16.4. The summed E-state index contributed by atoms with van der Waals surface area (Å²) in [7, 11) is -2.15. The normalized spacial score (nSPS) is 17.6. The predicted molar refractivity (Wildman–Crippen MR) is 108 cm³/mol. The van der Waals surface area contributed by atoms with Crippen molar-refractivity contribution in [3.63, 3.8) is 0 Å². The fourth-order valence-electron chi connectivity index (χ4n) is 3.50. The SMILES string of the molecule is CC[Si](CC)(CC)OC(CNCC1(C(F)(F)F)CC1)c1c(Cl)ccc(F)c1Cl. The number of nitrogens with one attached hydrogen (secondary N) is 1. The monoisotopic (exact) mass is 459 g/mol. The van der Waals surface area contributed by atoms with Gasteiger partial charge in [0.2, 0.25) is 0 Å². The first-order valence-corrected chi connectivity index (χ1v) is 12.9. The number of benzene rings is 1. The van der Waals surface area contributed by atoms with Crippen molar-refractivity contribution in [2.24, 2.45) is 5.41 Å².